The minimum absolute atomic E-state index is 0.0753. The van der Waals surface area contributed by atoms with Gasteiger partial charge in [-0.05, 0) is 28.1 Å². The van der Waals surface area contributed by atoms with Crippen LogP contribution in [0.1, 0.15) is 5.56 Å². The summed E-state index contributed by atoms with van der Waals surface area (Å²) < 4.78 is 2.59. The highest BCUT2D eigenvalue weighted by Gasteiger charge is 2.10. The number of para-hydroxylation sites is 1. The Hall–Kier alpha value is -1.33. The number of aromatic nitrogens is 2. The molecule has 1 aromatic carbocycles. The van der Waals surface area contributed by atoms with Crippen molar-refractivity contribution in [2.75, 3.05) is 12.3 Å². The van der Waals surface area contributed by atoms with Crippen LogP contribution in [0.4, 0.5) is 5.82 Å². The standard InChI is InChI=1S/C11H12BrN3O/c12-9-3-1-2-4-10(9)15-11(13)8(5-6-16)7-14-15/h1-4,7,16H,5-6,13H2. The van der Waals surface area contributed by atoms with Gasteiger partial charge in [-0.2, -0.15) is 5.10 Å². The van der Waals surface area contributed by atoms with Gasteiger partial charge in [0, 0.05) is 23.1 Å². The summed E-state index contributed by atoms with van der Waals surface area (Å²) in [5.74, 6) is 0.570. The van der Waals surface area contributed by atoms with Gasteiger partial charge in [0.25, 0.3) is 0 Å². The lowest BCUT2D eigenvalue weighted by Crippen LogP contribution is -2.04. The fourth-order valence-corrected chi connectivity index (χ4v) is 1.97. The second-order valence-corrected chi connectivity index (χ2v) is 4.25. The van der Waals surface area contributed by atoms with E-state index in [0.29, 0.717) is 12.2 Å². The van der Waals surface area contributed by atoms with Crippen molar-refractivity contribution in [2.24, 2.45) is 0 Å². The van der Waals surface area contributed by atoms with E-state index in [2.05, 4.69) is 21.0 Å². The predicted molar refractivity (Wildman–Crippen MR) is 66.5 cm³/mol. The first-order chi connectivity index (χ1) is 7.74. The van der Waals surface area contributed by atoms with Gasteiger partial charge in [0.05, 0.1) is 11.9 Å². The van der Waals surface area contributed by atoms with Gasteiger partial charge in [0.1, 0.15) is 5.82 Å². The summed E-state index contributed by atoms with van der Waals surface area (Å²) in [7, 11) is 0. The maximum absolute atomic E-state index is 8.88. The average Bonchev–Trinajstić information content (AvgIpc) is 2.62. The highest BCUT2D eigenvalue weighted by molar-refractivity contribution is 9.10. The van der Waals surface area contributed by atoms with Crippen molar-refractivity contribution in [3.8, 4) is 5.69 Å². The Balaban J connectivity index is 2.45. The largest absolute Gasteiger partial charge is 0.396 e. The van der Waals surface area contributed by atoms with Crippen molar-refractivity contribution < 1.29 is 5.11 Å². The molecule has 0 saturated heterocycles. The third kappa shape index (κ3) is 1.96. The summed E-state index contributed by atoms with van der Waals surface area (Å²) in [6.07, 6.45) is 2.21. The number of halogens is 1. The van der Waals surface area contributed by atoms with E-state index in [1.807, 2.05) is 24.3 Å². The molecule has 0 fully saturated rings. The molecule has 4 nitrogen and oxygen atoms in total. The Bertz CT molecular complexity index is 496. The van der Waals surface area contributed by atoms with Crippen molar-refractivity contribution >= 4 is 21.7 Å². The van der Waals surface area contributed by atoms with Crippen molar-refractivity contribution in [1.82, 2.24) is 9.78 Å². The summed E-state index contributed by atoms with van der Waals surface area (Å²) in [6, 6.07) is 7.72. The number of nitrogen functional groups attached to an aromatic ring is 1. The van der Waals surface area contributed by atoms with E-state index >= 15 is 0 Å². The van der Waals surface area contributed by atoms with Gasteiger partial charge in [-0.25, -0.2) is 4.68 Å². The SMILES string of the molecule is Nc1c(CCO)cnn1-c1ccccc1Br. The monoisotopic (exact) mass is 281 g/mol. The van der Waals surface area contributed by atoms with E-state index in [4.69, 9.17) is 10.8 Å². The Labute approximate surface area is 102 Å². The fourth-order valence-electron chi connectivity index (χ4n) is 1.52. The molecule has 0 aliphatic carbocycles. The van der Waals surface area contributed by atoms with Crippen LogP contribution < -0.4 is 5.73 Å². The molecule has 0 bridgehead atoms. The van der Waals surface area contributed by atoms with Crippen molar-refractivity contribution in [2.45, 2.75) is 6.42 Å². The summed E-state index contributed by atoms with van der Waals surface area (Å²) in [5, 5.41) is 13.1. The lowest BCUT2D eigenvalue weighted by molar-refractivity contribution is 0.300. The summed E-state index contributed by atoms with van der Waals surface area (Å²) in [6.45, 7) is 0.0753. The third-order valence-electron chi connectivity index (χ3n) is 2.35. The van der Waals surface area contributed by atoms with Crippen LogP contribution in [-0.4, -0.2) is 21.5 Å². The Morgan fingerprint density at radius 3 is 2.81 bits per heavy atom. The molecule has 84 valence electrons. The molecule has 2 aromatic rings. The Morgan fingerprint density at radius 2 is 2.12 bits per heavy atom. The number of nitrogens with two attached hydrogens (primary N) is 1. The Morgan fingerprint density at radius 1 is 1.38 bits per heavy atom. The maximum atomic E-state index is 8.88. The zero-order valence-corrected chi connectivity index (χ0v) is 10.2. The van der Waals surface area contributed by atoms with Crippen molar-refractivity contribution in [3.05, 3.63) is 40.5 Å². The van der Waals surface area contributed by atoms with Crippen LogP contribution >= 0.6 is 15.9 Å². The number of anilines is 1. The number of hydrogen-bond donors (Lipinski definition) is 2. The van der Waals surface area contributed by atoms with E-state index < -0.39 is 0 Å². The van der Waals surface area contributed by atoms with Crippen LogP contribution in [0.5, 0.6) is 0 Å². The van der Waals surface area contributed by atoms with Gasteiger partial charge >= 0.3 is 0 Å². The zero-order chi connectivity index (χ0) is 11.5. The number of aliphatic hydroxyl groups excluding tert-OH is 1. The Kier molecular flexibility index (Phi) is 3.26. The number of aliphatic hydroxyl groups is 1. The van der Waals surface area contributed by atoms with Crippen molar-refractivity contribution in [1.29, 1.82) is 0 Å². The quantitative estimate of drug-likeness (QED) is 0.901. The molecule has 0 aliphatic heterocycles. The van der Waals surface area contributed by atoms with E-state index in [1.165, 1.54) is 0 Å². The second-order valence-electron chi connectivity index (χ2n) is 3.39. The lowest BCUT2D eigenvalue weighted by atomic mass is 10.2. The minimum atomic E-state index is 0.0753. The van der Waals surface area contributed by atoms with Crippen LogP contribution in [0.3, 0.4) is 0 Å². The predicted octanol–water partition coefficient (Wildman–Crippen LogP) is 1.75. The second kappa shape index (κ2) is 4.67. The zero-order valence-electron chi connectivity index (χ0n) is 8.60. The van der Waals surface area contributed by atoms with Gasteiger partial charge in [-0.3, -0.25) is 0 Å². The first kappa shape index (κ1) is 11.2. The molecule has 0 radical (unpaired) electrons. The van der Waals surface area contributed by atoms with E-state index in [0.717, 1.165) is 15.7 Å². The molecule has 5 heteroatoms. The van der Waals surface area contributed by atoms with Crippen LogP contribution in [0.2, 0.25) is 0 Å². The number of hydrogen-bond acceptors (Lipinski definition) is 3. The smallest absolute Gasteiger partial charge is 0.130 e. The summed E-state index contributed by atoms with van der Waals surface area (Å²) >= 11 is 3.45. The summed E-state index contributed by atoms with van der Waals surface area (Å²) in [4.78, 5) is 0. The molecule has 0 atom stereocenters. The number of nitrogens with zero attached hydrogens (tertiary/aromatic N) is 2. The molecule has 2 rings (SSSR count). The fraction of sp³-hybridized carbons (Fsp3) is 0.182. The molecule has 3 N–H and O–H groups in total. The first-order valence-electron chi connectivity index (χ1n) is 4.92. The highest BCUT2D eigenvalue weighted by Crippen LogP contribution is 2.24. The molecular formula is C11H12BrN3O. The highest BCUT2D eigenvalue weighted by atomic mass is 79.9. The number of benzene rings is 1. The maximum Gasteiger partial charge on any atom is 0.130 e. The van der Waals surface area contributed by atoms with E-state index in [9.17, 15) is 0 Å². The van der Waals surface area contributed by atoms with Crippen LogP contribution in [0.15, 0.2) is 34.9 Å². The van der Waals surface area contributed by atoms with Crippen LogP contribution in [0, 0.1) is 0 Å². The van der Waals surface area contributed by atoms with Crippen LogP contribution in [0.25, 0.3) is 5.69 Å². The van der Waals surface area contributed by atoms with Crippen molar-refractivity contribution in [3.63, 3.8) is 0 Å². The molecule has 0 aliphatic rings. The van der Waals surface area contributed by atoms with Gasteiger partial charge in [-0.15, -0.1) is 0 Å². The average molecular weight is 282 g/mol. The third-order valence-corrected chi connectivity index (χ3v) is 3.02. The first-order valence-corrected chi connectivity index (χ1v) is 5.71. The molecule has 0 unspecified atom stereocenters. The molecular weight excluding hydrogens is 270 g/mol. The van der Waals surface area contributed by atoms with Crippen LogP contribution in [-0.2, 0) is 6.42 Å². The van der Waals surface area contributed by atoms with Gasteiger partial charge in [0.15, 0.2) is 0 Å². The molecule has 0 spiro atoms. The lowest BCUT2D eigenvalue weighted by Gasteiger charge is -2.06. The van der Waals surface area contributed by atoms with Gasteiger partial charge in [-0.1, -0.05) is 12.1 Å². The van der Waals surface area contributed by atoms with Gasteiger partial charge < -0.3 is 10.8 Å². The molecule has 1 heterocycles. The topological polar surface area (TPSA) is 64.1 Å². The summed E-state index contributed by atoms with van der Waals surface area (Å²) in [5.41, 5.74) is 7.71. The normalized spacial score (nSPS) is 10.6. The van der Waals surface area contributed by atoms with E-state index in [-0.39, 0.29) is 6.61 Å². The van der Waals surface area contributed by atoms with Gasteiger partial charge in [0.2, 0.25) is 0 Å². The molecule has 0 saturated carbocycles. The van der Waals surface area contributed by atoms with E-state index in [1.54, 1.807) is 10.9 Å². The minimum Gasteiger partial charge on any atom is -0.396 e. The number of rotatable bonds is 3. The molecule has 0 amide bonds. The molecule has 1 aromatic heterocycles. The molecule has 16 heavy (non-hydrogen) atoms.